The predicted octanol–water partition coefficient (Wildman–Crippen LogP) is 3.09. The summed E-state index contributed by atoms with van der Waals surface area (Å²) < 4.78 is 11.1. The van der Waals surface area contributed by atoms with E-state index in [1.54, 1.807) is 24.3 Å². The molecule has 0 spiro atoms. The zero-order valence-electron chi connectivity index (χ0n) is 12.8. The molecule has 0 bridgehead atoms. The van der Waals surface area contributed by atoms with Crippen molar-refractivity contribution in [3.63, 3.8) is 0 Å². The van der Waals surface area contributed by atoms with Crippen LogP contribution in [0.5, 0.6) is 0 Å². The Balaban J connectivity index is 1.86. The highest BCUT2D eigenvalue weighted by Crippen LogP contribution is 2.25. The van der Waals surface area contributed by atoms with Gasteiger partial charge in [0.05, 0.1) is 29.8 Å². The molecule has 0 saturated carbocycles. The Kier molecular flexibility index (Phi) is 4.59. The normalized spacial score (nSPS) is 15.1. The van der Waals surface area contributed by atoms with Gasteiger partial charge < -0.3 is 14.1 Å². The highest BCUT2D eigenvalue weighted by molar-refractivity contribution is 5.89. The number of rotatable bonds is 4. The van der Waals surface area contributed by atoms with Crippen molar-refractivity contribution < 1.29 is 14.1 Å². The summed E-state index contributed by atoms with van der Waals surface area (Å²) in [6.45, 7) is 2.82. The summed E-state index contributed by atoms with van der Waals surface area (Å²) in [6.07, 6.45) is 1.59. The molecule has 122 valence electrons. The Morgan fingerprint density at radius 3 is 2.79 bits per heavy atom. The van der Waals surface area contributed by atoms with Crippen molar-refractivity contribution in [2.24, 2.45) is 0 Å². The Bertz CT molecular complexity index is 813. The molecule has 3 rings (SSSR count). The summed E-state index contributed by atoms with van der Waals surface area (Å²) in [5.74, 6) is 1.25. The zero-order valence-corrected chi connectivity index (χ0v) is 12.8. The van der Waals surface area contributed by atoms with E-state index < -0.39 is 4.92 Å². The van der Waals surface area contributed by atoms with E-state index in [0.29, 0.717) is 30.1 Å². The fourth-order valence-electron chi connectivity index (χ4n) is 2.48. The molecule has 1 saturated heterocycles. The molecule has 1 aromatic heterocycles. The van der Waals surface area contributed by atoms with E-state index >= 15 is 0 Å². The van der Waals surface area contributed by atoms with Gasteiger partial charge in [-0.25, -0.2) is 0 Å². The zero-order chi connectivity index (χ0) is 16.9. The third kappa shape index (κ3) is 3.45. The first-order chi connectivity index (χ1) is 11.7. The maximum absolute atomic E-state index is 10.9. The first kappa shape index (κ1) is 15.8. The second kappa shape index (κ2) is 6.98. The number of nitrogens with zero attached hydrogens (tertiary/aromatic N) is 3. The van der Waals surface area contributed by atoms with Crippen molar-refractivity contribution in [2.75, 3.05) is 31.2 Å². The molecule has 2 aromatic rings. The quantitative estimate of drug-likeness (QED) is 0.487. The number of non-ortho nitro benzene ring substituents is 1. The van der Waals surface area contributed by atoms with Crippen molar-refractivity contribution >= 4 is 23.2 Å². The van der Waals surface area contributed by atoms with Gasteiger partial charge in [0.2, 0.25) is 0 Å². The average Bonchev–Trinajstić information content (AvgIpc) is 3.09. The molecule has 0 atom stereocenters. The number of nitro benzene ring substituents is 1. The van der Waals surface area contributed by atoms with Crippen LogP contribution in [-0.2, 0) is 4.74 Å². The van der Waals surface area contributed by atoms with Crippen LogP contribution in [0.25, 0.3) is 11.6 Å². The number of hydrogen-bond donors (Lipinski definition) is 0. The van der Waals surface area contributed by atoms with Gasteiger partial charge in [-0.15, -0.1) is 0 Å². The topological polar surface area (TPSA) is 92.5 Å². The summed E-state index contributed by atoms with van der Waals surface area (Å²) >= 11 is 0. The fraction of sp³-hybridized carbons (Fsp3) is 0.235. The van der Waals surface area contributed by atoms with Gasteiger partial charge in [0.15, 0.2) is 5.88 Å². The molecular weight excluding hydrogens is 310 g/mol. The third-order valence-electron chi connectivity index (χ3n) is 3.71. The van der Waals surface area contributed by atoms with Gasteiger partial charge in [-0.05, 0) is 17.7 Å². The summed E-state index contributed by atoms with van der Waals surface area (Å²) in [5, 5.41) is 20.2. The molecule has 0 N–H and O–H groups in total. The maximum Gasteiger partial charge on any atom is 0.270 e. The molecule has 1 aliphatic heterocycles. The maximum atomic E-state index is 10.9. The summed E-state index contributed by atoms with van der Waals surface area (Å²) in [4.78, 5) is 12.5. The number of allylic oxidation sites excluding steroid dienone is 1. The first-order valence-electron chi connectivity index (χ1n) is 7.46. The van der Waals surface area contributed by atoms with Crippen LogP contribution in [0.4, 0.5) is 11.6 Å². The van der Waals surface area contributed by atoms with E-state index in [1.807, 2.05) is 6.07 Å². The summed E-state index contributed by atoms with van der Waals surface area (Å²) in [6, 6.07) is 11.7. The lowest BCUT2D eigenvalue weighted by molar-refractivity contribution is -0.384. The van der Waals surface area contributed by atoms with E-state index in [2.05, 4.69) is 11.0 Å². The Morgan fingerprint density at radius 2 is 2.08 bits per heavy atom. The minimum Gasteiger partial charge on any atom is -0.441 e. The molecule has 24 heavy (non-hydrogen) atoms. The van der Waals surface area contributed by atoms with Crippen molar-refractivity contribution in [3.05, 3.63) is 57.8 Å². The molecular formula is C17H15N3O4. The van der Waals surface area contributed by atoms with Crippen LogP contribution in [0.2, 0.25) is 0 Å². The van der Waals surface area contributed by atoms with E-state index in [4.69, 9.17) is 9.15 Å². The molecule has 0 unspecified atom stereocenters. The second-order valence-electron chi connectivity index (χ2n) is 5.25. The van der Waals surface area contributed by atoms with Crippen LogP contribution in [0.15, 0.2) is 40.8 Å². The number of morpholine rings is 1. The highest BCUT2D eigenvalue weighted by Gasteiger charge is 2.15. The van der Waals surface area contributed by atoms with E-state index in [-0.39, 0.29) is 5.69 Å². The lowest BCUT2D eigenvalue weighted by Gasteiger charge is -2.26. The lowest BCUT2D eigenvalue weighted by Crippen LogP contribution is -2.35. The molecule has 0 amide bonds. The molecule has 7 heteroatoms. The van der Waals surface area contributed by atoms with Crippen molar-refractivity contribution in [1.29, 1.82) is 5.26 Å². The van der Waals surface area contributed by atoms with Gasteiger partial charge in [-0.2, -0.15) is 5.26 Å². The molecule has 2 heterocycles. The van der Waals surface area contributed by atoms with Crippen LogP contribution in [0, 0.1) is 21.4 Å². The molecule has 0 aliphatic carbocycles. The Morgan fingerprint density at radius 1 is 1.29 bits per heavy atom. The Labute approximate surface area is 138 Å². The summed E-state index contributed by atoms with van der Waals surface area (Å²) in [5.41, 5.74) is 0.736. The SMILES string of the molecule is N#CC(=Cc1ccc(N2CCOCC2)o1)c1cccc([N+](=O)[O-])c1. The van der Waals surface area contributed by atoms with Gasteiger partial charge in [-0.1, -0.05) is 12.1 Å². The van der Waals surface area contributed by atoms with Gasteiger partial charge in [0.25, 0.3) is 5.69 Å². The number of furan rings is 1. The van der Waals surface area contributed by atoms with Crippen LogP contribution < -0.4 is 4.90 Å². The van der Waals surface area contributed by atoms with Gasteiger partial charge in [-0.3, -0.25) is 10.1 Å². The lowest BCUT2D eigenvalue weighted by atomic mass is 10.1. The number of hydrogen-bond acceptors (Lipinski definition) is 6. The average molecular weight is 325 g/mol. The Hall–Kier alpha value is -3.11. The van der Waals surface area contributed by atoms with Crippen molar-refractivity contribution in [3.8, 4) is 6.07 Å². The molecule has 0 radical (unpaired) electrons. The van der Waals surface area contributed by atoms with Crippen molar-refractivity contribution in [2.45, 2.75) is 0 Å². The third-order valence-corrected chi connectivity index (χ3v) is 3.71. The minimum atomic E-state index is -0.484. The first-order valence-corrected chi connectivity index (χ1v) is 7.46. The molecule has 1 fully saturated rings. The number of nitriles is 1. The number of ether oxygens (including phenoxy) is 1. The highest BCUT2D eigenvalue weighted by atomic mass is 16.6. The van der Waals surface area contributed by atoms with Crippen LogP contribution >= 0.6 is 0 Å². The van der Waals surface area contributed by atoms with Gasteiger partial charge in [0.1, 0.15) is 5.76 Å². The van der Waals surface area contributed by atoms with Crippen LogP contribution in [0.3, 0.4) is 0 Å². The standard InChI is InChI=1S/C17H15N3O4/c18-12-14(13-2-1-3-15(10-13)20(21)22)11-16-4-5-17(24-16)19-6-8-23-9-7-19/h1-5,10-11H,6-9H2. The second-order valence-corrected chi connectivity index (χ2v) is 5.25. The largest absolute Gasteiger partial charge is 0.441 e. The monoisotopic (exact) mass is 325 g/mol. The van der Waals surface area contributed by atoms with Crippen LogP contribution in [0.1, 0.15) is 11.3 Å². The molecule has 1 aromatic carbocycles. The van der Waals surface area contributed by atoms with Crippen molar-refractivity contribution in [1.82, 2.24) is 0 Å². The summed E-state index contributed by atoms with van der Waals surface area (Å²) in [7, 11) is 0. The van der Waals surface area contributed by atoms with Gasteiger partial charge >= 0.3 is 0 Å². The van der Waals surface area contributed by atoms with Crippen LogP contribution in [-0.4, -0.2) is 31.2 Å². The van der Waals surface area contributed by atoms with E-state index in [1.165, 1.54) is 12.1 Å². The van der Waals surface area contributed by atoms with E-state index in [9.17, 15) is 15.4 Å². The fourth-order valence-corrected chi connectivity index (χ4v) is 2.48. The molecule has 7 nitrogen and oxygen atoms in total. The number of benzene rings is 1. The number of anilines is 1. The van der Waals surface area contributed by atoms with E-state index in [0.717, 1.165) is 19.0 Å². The number of nitro groups is 1. The minimum absolute atomic E-state index is 0.0536. The predicted molar refractivity (Wildman–Crippen MR) is 88.3 cm³/mol. The molecule has 1 aliphatic rings. The smallest absolute Gasteiger partial charge is 0.270 e. The van der Waals surface area contributed by atoms with Gasteiger partial charge in [0, 0.05) is 31.3 Å².